The van der Waals surface area contributed by atoms with Crippen LogP contribution in [0.3, 0.4) is 0 Å². The maximum absolute atomic E-state index is 12.7. The molecule has 34 heavy (non-hydrogen) atoms. The first-order valence-corrected chi connectivity index (χ1v) is 11.1. The van der Waals surface area contributed by atoms with Crippen LogP contribution in [-0.4, -0.2) is 44.9 Å². The van der Waals surface area contributed by atoms with Crippen molar-refractivity contribution in [1.82, 2.24) is 19.9 Å². The Morgan fingerprint density at radius 1 is 1.09 bits per heavy atom. The van der Waals surface area contributed by atoms with Gasteiger partial charge in [0.25, 0.3) is 0 Å². The van der Waals surface area contributed by atoms with Crippen molar-refractivity contribution in [3.8, 4) is 0 Å². The van der Waals surface area contributed by atoms with E-state index < -0.39 is 11.9 Å². The maximum Gasteiger partial charge on any atom is 0.321 e. The van der Waals surface area contributed by atoms with Gasteiger partial charge in [0.15, 0.2) is 12.4 Å². The predicted molar refractivity (Wildman–Crippen MR) is 128 cm³/mol. The van der Waals surface area contributed by atoms with E-state index in [0.29, 0.717) is 25.1 Å². The van der Waals surface area contributed by atoms with E-state index in [0.717, 1.165) is 11.3 Å². The van der Waals surface area contributed by atoms with Crippen molar-refractivity contribution in [3.05, 3.63) is 66.0 Å². The smallest absolute Gasteiger partial charge is 0.321 e. The molecule has 176 valence electrons. The number of nitrogens with two attached hydrogens (primary N) is 1. The van der Waals surface area contributed by atoms with Crippen LogP contribution in [0.1, 0.15) is 24.2 Å². The highest BCUT2D eigenvalue weighted by atomic mass is 16.5. The van der Waals surface area contributed by atoms with Gasteiger partial charge >= 0.3 is 12.0 Å². The van der Waals surface area contributed by atoms with Gasteiger partial charge in [-0.3, -0.25) is 4.79 Å². The largest absolute Gasteiger partial charge is 0.457 e. The number of benzene rings is 2. The zero-order chi connectivity index (χ0) is 23.9. The highest BCUT2D eigenvalue weighted by Crippen LogP contribution is 2.21. The second kappa shape index (κ2) is 10.6. The summed E-state index contributed by atoms with van der Waals surface area (Å²) in [4.78, 5) is 39.4. The highest BCUT2D eigenvalue weighted by molar-refractivity contribution is 5.89. The van der Waals surface area contributed by atoms with Gasteiger partial charge in [0.2, 0.25) is 11.9 Å². The fourth-order valence-corrected chi connectivity index (χ4v) is 3.72. The summed E-state index contributed by atoms with van der Waals surface area (Å²) in [5.74, 6) is -0.275. The number of likely N-dealkylation sites (tertiary alicyclic amines) is 1. The number of carbonyl (C=O) groups is 2. The Morgan fingerprint density at radius 3 is 2.65 bits per heavy atom. The van der Waals surface area contributed by atoms with Crippen molar-refractivity contribution in [2.75, 3.05) is 29.5 Å². The molecule has 4 N–H and O–H groups in total. The normalized spacial score (nSPS) is 15.4. The number of nitrogen functional groups attached to an aromatic ring is 1. The molecule has 1 atom stereocenters. The SMILES string of the molecule is Cc1ccccc1Nc1nc(N)nc(COC(=O)C2CCCN(C(=O)Nc3ccccc3)C2)n1. The van der Waals surface area contributed by atoms with Gasteiger partial charge < -0.3 is 26.0 Å². The van der Waals surface area contributed by atoms with E-state index in [1.807, 2.05) is 61.5 Å². The fraction of sp³-hybridized carbons (Fsp3) is 0.292. The molecule has 1 unspecified atom stereocenters. The molecule has 10 nitrogen and oxygen atoms in total. The third kappa shape index (κ3) is 5.97. The van der Waals surface area contributed by atoms with E-state index in [4.69, 9.17) is 10.5 Å². The number of piperidine rings is 1. The van der Waals surface area contributed by atoms with Gasteiger partial charge in [-0.15, -0.1) is 0 Å². The number of hydrogen-bond donors (Lipinski definition) is 3. The molecular formula is C24H27N7O3. The van der Waals surface area contributed by atoms with Crippen LogP contribution in [-0.2, 0) is 16.1 Å². The summed E-state index contributed by atoms with van der Waals surface area (Å²) >= 11 is 0. The minimum absolute atomic E-state index is 0.0264. The minimum Gasteiger partial charge on any atom is -0.457 e. The second-order valence-electron chi connectivity index (χ2n) is 8.06. The standard InChI is InChI=1S/C24H27N7O3/c1-16-8-5-6-12-19(16)27-23-29-20(28-22(25)30-23)15-34-21(32)17-9-7-13-31(14-17)24(33)26-18-10-3-2-4-11-18/h2-6,8,10-12,17H,7,9,13-15H2,1H3,(H,26,33)(H3,25,27,28,29,30). The summed E-state index contributed by atoms with van der Waals surface area (Å²) < 4.78 is 5.46. The highest BCUT2D eigenvalue weighted by Gasteiger charge is 2.29. The average molecular weight is 462 g/mol. The topological polar surface area (TPSA) is 135 Å². The van der Waals surface area contributed by atoms with Gasteiger partial charge in [0, 0.05) is 24.5 Å². The van der Waals surface area contributed by atoms with Crippen molar-refractivity contribution in [2.45, 2.75) is 26.4 Å². The van der Waals surface area contributed by atoms with Gasteiger partial charge in [-0.05, 0) is 43.5 Å². The van der Waals surface area contributed by atoms with Crippen LogP contribution < -0.4 is 16.4 Å². The van der Waals surface area contributed by atoms with E-state index in [-0.39, 0.29) is 36.9 Å². The molecular weight excluding hydrogens is 434 g/mol. The van der Waals surface area contributed by atoms with Gasteiger partial charge in [0.1, 0.15) is 0 Å². The molecule has 0 radical (unpaired) electrons. The van der Waals surface area contributed by atoms with Crippen LogP contribution in [0.5, 0.6) is 0 Å². The van der Waals surface area contributed by atoms with E-state index >= 15 is 0 Å². The first-order valence-electron chi connectivity index (χ1n) is 11.1. The van der Waals surface area contributed by atoms with Gasteiger partial charge in [0.05, 0.1) is 5.92 Å². The lowest BCUT2D eigenvalue weighted by Gasteiger charge is -2.31. The Bertz CT molecular complexity index is 1160. The third-order valence-corrected chi connectivity index (χ3v) is 5.50. The van der Waals surface area contributed by atoms with Crippen LogP contribution in [0, 0.1) is 12.8 Å². The molecule has 4 rings (SSSR count). The Labute approximate surface area is 197 Å². The predicted octanol–water partition coefficient (Wildman–Crippen LogP) is 3.49. The molecule has 1 fully saturated rings. The van der Waals surface area contributed by atoms with Crippen molar-refractivity contribution in [1.29, 1.82) is 0 Å². The summed E-state index contributed by atoms with van der Waals surface area (Å²) in [6.45, 7) is 2.70. The number of esters is 1. The molecule has 10 heteroatoms. The monoisotopic (exact) mass is 461 g/mol. The lowest BCUT2D eigenvalue weighted by atomic mass is 9.98. The summed E-state index contributed by atoms with van der Waals surface area (Å²) in [6.07, 6.45) is 1.36. The molecule has 1 aliphatic heterocycles. The van der Waals surface area contributed by atoms with Gasteiger partial charge in [-0.25, -0.2) is 4.79 Å². The number of para-hydroxylation sites is 2. The number of rotatable bonds is 6. The molecule has 2 aromatic carbocycles. The number of hydrogen-bond acceptors (Lipinski definition) is 8. The molecule has 0 saturated carbocycles. The summed E-state index contributed by atoms with van der Waals surface area (Å²) in [5, 5.41) is 5.96. The van der Waals surface area contributed by atoms with E-state index in [9.17, 15) is 9.59 Å². The van der Waals surface area contributed by atoms with Crippen molar-refractivity contribution >= 4 is 35.3 Å². The fourth-order valence-electron chi connectivity index (χ4n) is 3.72. The number of nitrogens with zero attached hydrogens (tertiary/aromatic N) is 4. The van der Waals surface area contributed by atoms with E-state index in [1.165, 1.54) is 0 Å². The molecule has 3 aromatic rings. The van der Waals surface area contributed by atoms with E-state index in [1.54, 1.807) is 4.90 Å². The Balaban J connectivity index is 1.33. The number of amides is 2. The molecule has 1 saturated heterocycles. The van der Waals surface area contributed by atoms with Gasteiger partial charge in [-0.1, -0.05) is 36.4 Å². The number of anilines is 4. The zero-order valence-electron chi connectivity index (χ0n) is 18.9. The number of aromatic nitrogens is 3. The molecule has 2 heterocycles. The Hall–Kier alpha value is -4.21. The molecule has 1 aliphatic rings. The minimum atomic E-state index is -0.418. The second-order valence-corrected chi connectivity index (χ2v) is 8.06. The van der Waals surface area contributed by atoms with Gasteiger partial charge in [-0.2, -0.15) is 15.0 Å². The number of carbonyl (C=O) groups excluding carboxylic acids is 2. The Morgan fingerprint density at radius 2 is 1.85 bits per heavy atom. The van der Waals surface area contributed by atoms with Crippen molar-refractivity contribution < 1.29 is 14.3 Å². The van der Waals surface area contributed by atoms with Crippen LogP contribution in [0.25, 0.3) is 0 Å². The lowest BCUT2D eigenvalue weighted by Crippen LogP contribution is -2.44. The summed E-state index contributed by atoms with van der Waals surface area (Å²) in [5.41, 5.74) is 8.39. The van der Waals surface area contributed by atoms with Crippen LogP contribution in [0.4, 0.5) is 28.1 Å². The molecule has 0 bridgehead atoms. The van der Waals surface area contributed by atoms with E-state index in [2.05, 4.69) is 25.6 Å². The molecule has 2 amide bonds. The first kappa shape index (κ1) is 23.0. The number of aryl methyl sites for hydroxylation is 1. The van der Waals surface area contributed by atoms with Crippen molar-refractivity contribution in [3.63, 3.8) is 0 Å². The average Bonchev–Trinajstić information content (AvgIpc) is 2.84. The third-order valence-electron chi connectivity index (χ3n) is 5.50. The van der Waals surface area contributed by atoms with Crippen LogP contribution >= 0.6 is 0 Å². The van der Waals surface area contributed by atoms with Crippen LogP contribution in [0.15, 0.2) is 54.6 Å². The number of urea groups is 1. The van der Waals surface area contributed by atoms with Crippen molar-refractivity contribution in [2.24, 2.45) is 5.92 Å². The summed E-state index contributed by atoms with van der Waals surface area (Å²) in [7, 11) is 0. The number of ether oxygens (including phenoxy) is 1. The molecule has 0 spiro atoms. The maximum atomic E-state index is 12.7. The zero-order valence-corrected chi connectivity index (χ0v) is 18.9. The molecule has 1 aromatic heterocycles. The number of nitrogens with one attached hydrogen (secondary N) is 2. The van der Waals surface area contributed by atoms with Crippen LogP contribution in [0.2, 0.25) is 0 Å². The summed E-state index contributed by atoms with van der Waals surface area (Å²) in [6, 6.07) is 16.7. The lowest BCUT2D eigenvalue weighted by molar-refractivity contribution is -0.151. The first-order chi connectivity index (χ1) is 16.5. The quantitative estimate of drug-likeness (QED) is 0.475. The molecule has 0 aliphatic carbocycles. The Kier molecular flexibility index (Phi) is 7.16.